The van der Waals surface area contributed by atoms with E-state index in [1.165, 1.54) is 0 Å². The van der Waals surface area contributed by atoms with Gasteiger partial charge in [-0.1, -0.05) is 41.5 Å². The molecule has 1 aliphatic rings. The number of hydrogen-bond donors (Lipinski definition) is 0. The van der Waals surface area contributed by atoms with Gasteiger partial charge in [-0.2, -0.15) is 0 Å². The second kappa shape index (κ2) is 8.06. The van der Waals surface area contributed by atoms with Crippen molar-refractivity contribution in [1.82, 2.24) is 4.90 Å². The van der Waals surface area contributed by atoms with E-state index in [4.69, 9.17) is 4.74 Å². The van der Waals surface area contributed by atoms with Crippen LogP contribution in [0.15, 0.2) is 22.7 Å². The summed E-state index contributed by atoms with van der Waals surface area (Å²) in [6.07, 6.45) is -0.229. The van der Waals surface area contributed by atoms with E-state index in [1.54, 1.807) is 4.90 Å². The van der Waals surface area contributed by atoms with Crippen molar-refractivity contribution in [1.29, 1.82) is 0 Å². The third-order valence-electron chi connectivity index (χ3n) is 3.76. The highest BCUT2D eigenvalue weighted by Gasteiger charge is 2.26. The molecule has 0 aromatic heterocycles. The number of rotatable bonds is 1. The number of carbonyl (C=O) groups is 1. The average Bonchev–Trinajstić information content (AvgIpc) is 2.50. The molecule has 0 unspecified atom stereocenters. The molecular formula is C20H29BrN2O2Si. The van der Waals surface area contributed by atoms with Gasteiger partial charge in [0.05, 0.1) is 0 Å². The molecule has 0 bridgehead atoms. The number of amides is 1. The van der Waals surface area contributed by atoms with E-state index >= 15 is 0 Å². The van der Waals surface area contributed by atoms with Crippen LogP contribution in [-0.2, 0) is 4.74 Å². The Kier molecular flexibility index (Phi) is 6.46. The molecule has 2 rings (SSSR count). The molecule has 0 saturated carbocycles. The summed E-state index contributed by atoms with van der Waals surface area (Å²) in [5, 5.41) is 0. The molecule has 0 atom stereocenters. The maximum atomic E-state index is 12.2. The Morgan fingerprint density at radius 3 is 2.27 bits per heavy atom. The lowest BCUT2D eigenvalue weighted by molar-refractivity contribution is 0.0240. The Morgan fingerprint density at radius 2 is 1.73 bits per heavy atom. The molecule has 1 amide bonds. The van der Waals surface area contributed by atoms with Crippen LogP contribution in [0.5, 0.6) is 0 Å². The SMILES string of the molecule is CC(C)(C)OC(=O)N1CCN(c2cc(Br)cc(C#C[Si](C)(C)C)c2)CC1. The van der Waals surface area contributed by atoms with Crippen molar-refractivity contribution in [2.24, 2.45) is 0 Å². The molecule has 0 spiro atoms. The first-order valence-electron chi connectivity index (χ1n) is 9.00. The molecular weight excluding hydrogens is 408 g/mol. The third-order valence-corrected chi connectivity index (χ3v) is 5.09. The summed E-state index contributed by atoms with van der Waals surface area (Å²) in [6, 6.07) is 6.32. The number of piperazine rings is 1. The van der Waals surface area contributed by atoms with Crippen LogP contribution in [-0.4, -0.2) is 50.8 Å². The molecule has 0 N–H and O–H groups in total. The molecule has 142 valence electrons. The van der Waals surface area contributed by atoms with Gasteiger partial charge in [0.1, 0.15) is 13.7 Å². The fourth-order valence-electron chi connectivity index (χ4n) is 2.56. The van der Waals surface area contributed by atoms with E-state index in [0.717, 1.165) is 28.8 Å². The topological polar surface area (TPSA) is 32.8 Å². The molecule has 1 fully saturated rings. The maximum absolute atomic E-state index is 12.2. The number of halogens is 1. The van der Waals surface area contributed by atoms with Crippen molar-refractivity contribution in [3.63, 3.8) is 0 Å². The van der Waals surface area contributed by atoms with Crippen LogP contribution in [0.2, 0.25) is 19.6 Å². The predicted molar refractivity (Wildman–Crippen MR) is 114 cm³/mol. The molecule has 1 saturated heterocycles. The molecule has 1 aromatic carbocycles. The second-order valence-corrected chi connectivity index (χ2v) is 14.3. The molecule has 0 radical (unpaired) electrons. The normalized spacial score (nSPS) is 15.3. The zero-order valence-electron chi connectivity index (χ0n) is 16.6. The first-order valence-corrected chi connectivity index (χ1v) is 13.3. The van der Waals surface area contributed by atoms with Gasteiger partial charge in [-0.25, -0.2) is 4.79 Å². The fraction of sp³-hybridized carbons (Fsp3) is 0.550. The molecule has 1 heterocycles. The van der Waals surface area contributed by atoms with Gasteiger partial charge in [0, 0.05) is 41.9 Å². The van der Waals surface area contributed by atoms with Crippen molar-refractivity contribution in [2.75, 3.05) is 31.1 Å². The lowest BCUT2D eigenvalue weighted by atomic mass is 10.2. The Balaban J connectivity index is 2.06. The lowest BCUT2D eigenvalue weighted by Crippen LogP contribution is -2.50. The average molecular weight is 437 g/mol. The van der Waals surface area contributed by atoms with Gasteiger partial charge < -0.3 is 14.5 Å². The predicted octanol–water partition coefficient (Wildman–Crippen LogP) is 4.74. The van der Waals surface area contributed by atoms with Crippen molar-refractivity contribution >= 4 is 35.8 Å². The zero-order valence-corrected chi connectivity index (χ0v) is 19.2. The van der Waals surface area contributed by atoms with Crippen molar-refractivity contribution in [3.8, 4) is 11.5 Å². The Labute approximate surface area is 167 Å². The minimum Gasteiger partial charge on any atom is -0.444 e. The highest BCUT2D eigenvalue weighted by Crippen LogP contribution is 2.24. The minimum absolute atomic E-state index is 0.229. The van der Waals surface area contributed by atoms with Crippen LogP contribution in [0.1, 0.15) is 26.3 Å². The number of ether oxygens (including phenoxy) is 1. The molecule has 26 heavy (non-hydrogen) atoms. The van der Waals surface area contributed by atoms with Gasteiger partial charge in [0.2, 0.25) is 0 Å². The molecule has 0 aliphatic carbocycles. The Bertz CT molecular complexity index is 718. The number of carbonyl (C=O) groups excluding carboxylic acids is 1. The lowest BCUT2D eigenvalue weighted by Gasteiger charge is -2.36. The third kappa shape index (κ3) is 6.69. The summed E-state index contributed by atoms with van der Waals surface area (Å²) >= 11 is 3.60. The molecule has 4 nitrogen and oxygen atoms in total. The summed E-state index contributed by atoms with van der Waals surface area (Å²) in [6.45, 7) is 15.3. The fourth-order valence-corrected chi connectivity index (χ4v) is 3.56. The van der Waals surface area contributed by atoms with Crippen LogP contribution < -0.4 is 4.90 Å². The van der Waals surface area contributed by atoms with Crippen molar-refractivity contribution < 1.29 is 9.53 Å². The van der Waals surface area contributed by atoms with Gasteiger partial charge >= 0.3 is 6.09 Å². The van der Waals surface area contributed by atoms with Gasteiger partial charge in [-0.15, -0.1) is 5.54 Å². The van der Waals surface area contributed by atoms with Crippen LogP contribution in [0.3, 0.4) is 0 Å². The van der Waals surface area contributed by atoms with Crippen LogP contribution in [0, 0.1) is 11.5 Å². The van der Waals surface area contributed by atoms with Gasteiger partial charge in [0.25, 0.3) is 0 Å². The largest absolute Gasteiger partial charge is 0.444 e. The van der Waals surface area contributed by atoms with E-state index in [-0.39, 0.29) is 6.09 Å². The van der Waals surface area contributed by atoms with E-state index < -0.39 is 13.7 Å². The summed E-state index contributed by atoms with van der Waals surface area (Å²) < 4.78 is 6.50. The standard InChI is InChI=1S/C20H29BrN2O2Si/c1-20(2,3)25-19(24)23-10-8-22(9-11-23)18-14-16(13-17(21)15-18)7-12-26(4,5)6/h13-15H,8-11H2,1-6H3. The van der Waals surface area contributed by atoms with Crippen molar-refractivity contribution in [3.05, 3.63) is 28.2 Å². The minimum atomic E-state index is -1.40. The number of nitrogens with zero attached hydrogens (tertiary/aromatic N) is 2. The Hall–Kier alpha value is -1.45. The number of anilines is 1. The number of benzene rings is 1. The monoisotopic (exact) mass is 436 g/mol. The van der Waals surface area contributed by atoms with Crippen molar-refractivity contribution in [2.45, 2.75) is 46.0 Å². The van der Waals surface area contributed by atoms with Crippen LogP contribution >= 0.6 is 15.9 Å². The van der Waals surface area contributed by atoms with Gasteiger partial charge in [0.15, 0.2) is 0 Å². The molecule has 1 aliphatic heterocycles. The van der Waals surface area contributed by atoms with E-state index in [0.29, 0.717) is 13.1 Å². The smallest absolute Gasteiger partial charge is 0.410 e. The van der Waals surface area contributed by atoms with E-state index in [1.807, 2.05) is 20.8 Å². The van der Waals surface area contributed by atoms with E-state index in [9.17, 15) is 4.79 Å². The zero-order chi connectivity index (χ0) is 19.5. The molecule has 1 aromatic rings. The summed E-state index contributed by atoms with van der Waals surface area (Å²) in [5.74, 6) is 3.33. The molecule has 6 heteroatoms. The first kappa shape index (κ1) is 20.9. The number of hydrogen-bond acceptors (Lipinski definition) is 3. The van der Waals surface area contributed by atoms with Crippen LogP contribution in [0.25, 0.3) is 0 Å². The second-order valence-electron chi connectivity index (χ2n) is 8.65. The first-order chi connectivity index (χ1) is 11.9. The van der Waals surface area contributed by atoms with Crippen LogP contribution in [0.4, 0.5) is 10.5 Å². The van der Waals surface area contributed by atoms with Gasteiger partial charge in [-0.05, 0) is 39.0 Å². The Morgan fingerprint density at radius 1 is 1.12 bits per heavy atom. The summed E-state index contributed by atoms with van der Waals surface area (Å²) in [4.78, 5) is 16.3. The van der Waals surface area contributed by atoms with Gasteiger partial charge in [-0.3, -0.25) is 0 Å². The highest BCUT2D eigenvalue weighted by molar-refractivity contribution is 9.10. The quantitative estimate of drug-likeness (QED) is 0.470. The summed E-state index contributed by atoms with van der Waals surface area (Å²) in [5.41, 5.74) is 5.14. The maximum Gasteiger partial charge on any atom is 0.410 e. The highest BCUT2D eigenvalue weighted by atomic mass is 79.9. The summed E-state index contributed by atoms with van der Waals surface area (Å²) in [7, 11) is -1.40. The van der Waals surface area contributed by atoms with E-state index in [2.05, 4.69) is 70.1 Å².